The van der Waals surface area contributed by atoms with E-state index in [4.69, 9.17) is 4.74 Å². The van der Waals surface area contributed by atoms with Crippen molar-refractivity contribution in [3.63, 3.8) is 0 Å². The quantitative estimate of drug-likeness (QED) is 0.808. The molecular formula is C20H19F2N3O3. The number of carbonyl (C=O) groups is 2. The molecule has 2 atom stereocenters. The highest BCUT2D eigenvalue weighted by Crippen LogP contribution is 2.26. The molecule has 4 rings (SSSR count). The minimum Gasteiger partial charge on any atom is -0.374 e. The van der Waals surface area contributed by atoms with Gasteiger partial charge in [-0.3, -0.25) is 9.59 Å². The molecule has 2 aliphatic heterocycles. The van der Waals surface area contributed by atoms with Crippen LogP contribution in [0, 0.1) is 11.6 Å². The maximum atomic E-state index is 14.0. The van der Waals surface area contributed by atoms with Crippen molar-refractivity contribution in [3.8, 4) is 0 Å². The molecule has 0 spiro atoms. The number of halogens is 2. The Kier molecular flexibility index (Phi) is 5.04. The van der Waals surface area contributed by atoms with Crippen LogP contribution in [0.1, 0.15) is 22.5 Å². The topological polar surface area (TPSA) is 62.7 Å². The molecule has 146 valence electrons. The van der Waals surface area contributed by atoms with Crippen molar-refractivity contribution in [2.45, 2.75) is 25.1 Å². The Balaban J connectivity index is 1.56. The maximum Gasteiger partial charge on any atom is 0.275 e. The summed E-state index contributed by atoms with van der Waals surface area (Å²) in [5.41, 5.74) is 0.548. The van der Waals surface area contributed by atoms with Crippen molar-refractivity contribution >= 4 is 11.8 Å². The molecule has 3 heterocycles. The number of amides is 2. The lowest BCUT2D eigenvalue weighted by atomic mass is 10.1. The van der Waals surface area contributed by atoms with Crippen LogP contribution in [0.15, 0.2) is 42.6 Å². The van der Waals surface area contributed by atoms with Crippen LogP contribution < -0.4 is 0 Å². The molecule has 2 saturated heterocycles. The number of ether oxygens (including phenoxy) is 1. The summed E-state index contributed by atoms with van der Waals surface area (Å²) in [6.07, 6.45) is 0.733. The van der Waals surface area contributed by atoms with E-state index in [9.17, 15) is 18.4 Å². The minimum absolute atomic E-state index is 0.0447. The average Bonchev–Trinajstić information content (AvgIpc) is 3.04. The standard InChI is InChI=1S/C20H19F2N3O3/c21-14-8-15(22)19(23-9-14)20(27)24-11-16-17(12-24)28-7-6-18(26)25(16)10-13-4-2-1-3-5-13/h1-5,8-9,16-17H,6-7,10-12H2/t16-,17-/m0/s1. The first-order chi connectivity index (χ1) is 13.5. The average molecular weight is 387 g/mol. The summed E-state index contributed by atoms with van der Waals surface area (Å²) in [4.78, 5) is 32.1. The summed E-state index contributed by atoms with van der Waals surface area (Å²) in [5, 5.41) is 0. The van der Waals surface area contributed by atoms with E-state index in [2.05, 4.69) is 4.98 Å². The van der Waals surface area contributed by atoms with E-state index in [1.165, 1.54) is 4.90 Å². The SMILES string of the molecule is O=C(c1ncc(F)cc1F)N1C[C@@H]2OCCC(=O)N(Cc3ccccc3)[C@H]2C1. The third-order valence-corrected chi connectivity index (χ3v) is 5.10. The highest BCUT2D eigenvalue weighted by Gasteiger charge is 2.43. The van der Waals surface area contributed by atoms with Gasteiger partial charge >= 0.3 is 0 Å². The maximum absolute atomic E-state index is 14.0. The van der Waals surface area contributed by atoms with E-state index in [-0.39, 0.29) is 44.2 Å². The number of benzene rings is 1. The molecule has 0 bridgehead atoms. The van der Waals surface area contributed by atoms with E-state index >= 15 is 0 Å². The number of aromatic nitrogens is 1. The molecule has 2 fully saturated rings. The van der Waals surface area contributed by atoms with Crippen molar-refractivity contribution in [3.05, 3.63) is 65.5 Å². The number of carbonyl (C=O) groups excluding carboxylic acids is 2. The molecule has 1 aromatic heterocycles. The molecule has 0 radical (unpaired) electrons. The number of hydrogen-bond acceptors (Lipinski definition) is 4. The zero-order chi connectivity index (χ0) is 19.7. The van der Waals surface area contributed by atoms with Crippen molar-refractivity contribution in [2.75, 3.05) is 19.7 Å². The molecule has 1 aromatic carbocycles. The van der Waals surface area contributed by atoms with E-state index in [1.54, 1.807) is 4.90 Å². The third kappa shape index (κ3) is 3.60. The van der Waals surface area contributed by atoms with Gasteiger partial charge < -0.3 is 14.5 Å². The van der Waals surface area contributed by atoms with Crippen LogP contribution in [0.2, 0.25) is 0 Å². The molecule has 2 aliphatic rings. The van der Waals surface area contributed by atoms with E-state index < -0.39 is 23.2 Å². The van der Waals surface area contributed by atoms with Crippen molar-refractivity contribution < 1.29 is 23.1 Å². The summed E-state index contributed by atoms with van der Waals surface area (Å²) in [7, 11) is 0. The zero-order valence-corrected chi connectivity index (χ0v) is 15.1. The number of nitrogens with zero attached hydrogens (tertiary/aromatic N) is 3. The lowest BCUT2D eigenvalue weighted by molar-refractivity contribution is -0.133. The van der Waals surface area contributed by atoms with Gasteiger partial charge in [-0.2, -0.15) is 0 Å². The Morgan fingerprint density at radius 1 is 1.21 bits per heavy atom. The fourth-order valence-electron chi connectivity index (χ4n) is 3.72. The first kappa shape index (κ1) is 18.5. The smallest absolute Gasteiger partial charge is 0.275 e. The molecule has 2 aromatic rings. The minimum atomic E-state index is -1.00. The number of hydrogen-bond donors (Lipinski definition) is 0. The second-order valence-corrected chi connectivity index (χ2v) is 6.93. The predicted octanol–water partition coefficient (Wildman–Crippen LogP) is 2.00. The fourth-order valence-corrected chi connectivity index (χ4v) is 3.72. The Hall–Kier alpha value is -2.87. The third-order valence-electron chi connectivity index (χ3n) is 5.10. The summed E-state index contributed by atoms with van der Waals surface area (Å²) >= 11 is 0. The van der Waals surface area contributed by atoms with Gasteiger partial charge in [0.2, 0.25) is 5.91 Å². The summed E-state index contributed by atoms with van der Waals surface area (Å²) in [6, 6.07) is 9.88. The van der Waals surface area contributed by atoms with Gasteiger partial charge in [0.05, 0.1) is 31.4 Å². The largest absolute Gasteiger partial charge is 0.374 e. The van der Waals surface area contributed by atoms with Gasteiger partial charge in [-0.25, -0.2) is 13.8 Å². The summed E-state index contributed by atoms with van der Waals surface area (Å²) < 4.78 is 32.9. The van der Waals surface area contributed by atoms with E-state index in [0.717, 1.165) is 11.8 Å². The number of rotatable bonds is 3. The van der Waals surface area contributed by atoms with Crippen LogP contribution in [-0.4, -0.2) is 58.4 Å². The number of pyridine rings is 1. The predicted molar refractivity (Wildman–Crippen MR) is 95.2 cm³/mol. The lowest BCUT2D eigenvalue weighted by Gasteiger charge is -2.29. The Morgan fingerprint density at radius 3 is 2.75 bits per heavy atom. The van der Waals surface area contributed by atoms with Gasteiger partial charge in [0, 0.05) is 25.7 Å². The van der Waals surface area contributed by atoms with Crippen LogP contribution in [0.3, 0.4) is 0 Å². The van der Waals surface area contributed by atoms with Gasteiger partial charge in [0.25, 0.3) is 5.91 Å². The number of likely N-dealkylation sites (tertiary alicyclic amines) is 1. The van der Waals surface area contributed by atoms with Crippen LogP contribution >= 0.6 is 0 Å². The molecule has 8 heteroatoms. The molecule has 0 N–H and O–H groups in total. The Morgan fingerprint density at radius 2 is 2.00 bits per heavy atom. The molecular weight excluding hydrogens is 368 g/mol. The molecule has 0 aliphatic carbocycles. The second-order valence-electron chi connectivity index (χ2n) is 6.93. The zero-order valence-electron chi connectivity index (χ0n) is 15.1. The Labute approximate surface area is 160 Å². The van der Waals surface area contributed by atoms with Gasteiger partial charge in [-0.1, -0.05) is 30.3 Å². The highest BCUT2D eigenvalue weighted by molar-refractivity contribution is 5.93. The lowest BCUT2D eigenvalue weighted by Crippen LogP contribution is -2.45. The van der Waals surface area contributed by atoms with E-state index in [0.29, 0.717) is 12.6 Å². The van der Waals surface area contributed by atoms with Crippen LogP contribution in [0.4, 0.5) is 8.78 Å². The molecule has 0 unspecified atom stereocenters. The van der Waals surface area contributed by atoms with Gasteiger partial charge in [0.15, 0.2) is 11.5 Å². The van der Waals surface area contributed by atoms with Gasteiger partial charge in [0.1, 0.15) is 5.82 Å². The van der Waals surface area contributed by atoms with Crippen molar-refractivity contribution in [1.29, 1.82) is 0 Å². The first-order valence-electron chi connectivity index (χ1n) is 9.08. The van der Waals surface area contributed by atoms with Crippen LogP contribution in [-0.2, 0) is 16.1 Å². The Bertz CT molecular complexity index is 894. The number of fused-ring (bicyclic) bond motifs is 1. The monoisotopic (exact) mass is 387 g/mol. The van der Waals surface area contributed by atoms with Crippen molar-refractivity contribution in [1.82, 2.24) is 14.8 Å². The van der Waals surface area contributed by atoms with Crippen LogP contribution in [0.25, 0.3) is 0 Å². The molecule has 28 heavy (non-hydrogen) atoms. The first-order valence-corrected chi connectivity index (χ1v) is 9.08. The second kappa shape index (κ2) is 7.63. The molecule has 0 saturated carbocycles. The van der Waals surface area contributed by atoms with E-state index in [1.807, 2.05) is 30.3 Å². The van der Waals surface area contributed by atoms with Crippen molar-refractivity contribution in [2.24, 2.45) is 0 Å². The fraction of sp³-hybridized carbons (Fsp3) is 0.350. The molecule has 2 amide bonds. The summed E-state index contributed by atoms with van der Waals surface area (Å²) in [6.45, 7) is 1.12. The van der Waals surface area contributed by atoms with Gasteiger partial charge in [-0.15, -0.1) is 0 Å². The normalized spacial score (nSPS) is 22.1. The summed E-state index contributed by atoms with van der Waals surface area (Å²) in [5.74, 6) is -2.53. The molecule has 6 nitrogen and oxygen atoms in total. The highest BCUT2D eigenvalue weighted by atomic mass is 19.1. The van der Waals surface area contributed by atoms with Crippen LogP contribution in [0.5, 0.6) is 0 Å². The van der Waals surface area contributed by atoms with Gasteiger partial charge in [-0.05, 0) is 5.56 Å².